The number of aliphatic carboxylic acids is 1. The van der Waals surface area contributed by atoms with Crippen molar-refractivity contribution in [3.63, 3.8) is 0 Å². The lowest BCUT2D eigenvalue weighted by Gasteiger charge is -2.23. The van der Waals surface area contributed by atoms with Gasteiger partial charge in [-0.1, -0.05) is 6.07 Å². The van der Waals surface area contributed by atoms with E-state index < -0.39 is 12.0 Å². The number of rotatable bonds is 2. The zero-order valence-electron chi connectivity index (χ0n) is 10.1. The van der Waals surface area contributed by atoms with Gasteiger partial charge in [0.2, 0.25) is 0 Å². The molecule has 1 aliphatic rings. The number of benzene rings is 1. The van der Waals surface area contributed by atoms with Gasteiger partial charge in [0.1, 0.15) is 18.2 Å². The first-order valence-electron chi connectivity index (χ1n) is 6.07. The Hall–Kier alpha value is -1.44. The number of nitrogens with zero attached hydrogens (tertiary/aromatic N) is 3. The molecule has 1 atom stereocenters. The van der Waals surface area contributed by atoms with Crippen LogP contribution >= 0.6 is 22.6 Å². The van der Waals surface area contributed by atoms with E-state index >= 15 is 0 Å². The third kappa shape index (κ3) is 2.13. The van der Waals surface area contributed by atoms with Crippen molar-refractivity contribution in [2.75, 3.05) is 11.4 Å². The van der Waals surface area contributed by atoms with Gasteiger partial charge in [0, 0.05) is 10.1 Å². The summed E-state index contributed by atoms with van der Waals surface area (Å²) in [6.45, 7) is 0.730. The fourth-order valence-electron chi connectivity index (χ4n) is 2.55. The van der Waals surface area contributed by atoms with Crippen LogP contribution in [0.2, 0.25) is 0 Å². The minimum atomic E-state index is -0.782. The Bertz CT molecular complexity index is 642. The van der Waals surface area contributed by atoms with E-state index in [0.29, 0.717) is 6.42 Å². The first kappa shape index (κ1) is 12.6. The standard InChI is InChI=1S/C13H12IN3O2/c14-8-3-1-4-9-11(8)12(16-7-15-9)17-6-2-5-10(17)13(18)19/h1,3-4,7,10H,2,5-6H2,(H,18,19)/t10-/m1/s1. The maximum atomic E-state index is 11.3. The van der Waals surface area contributed by atoms with E-state index in [1.807, 2.05) is 23.1 Å². The van der Waals surface area contributed by atoms with Crippen molar-refractivity contribution in [1.82, 2.24) is 9.97 Å². The molecule has 3 rings (SSSR count). The average molecular weight is 369 g/mol. The monoisotopic (exact) mass is 369 g/mol. The van der Waals surface area contributed by atoms with E-state index in [4.69, 9.17) is 0 Å². The summed E-state index contributed by atoms with van der Waals surface area (Å²) >= 11 is 2.24. The number of carboxylic acid groups (broad SMARTS) is 1. The lowest BCUT2D eigenvalue weighted by molar-refractivity contribution is -0.138. The van der Waals surface area contributed by atoms with Crippen LogP contribution in [0, 0.1) is 3.57 Å². The SMILES string of the molecule is O=C(O)[C@H]1CCCN1c1ncnc2cccc(I)c12. The number of hydrogen-bond donors (Lipinski definition) is 1. The summed E-state index contributed by atoms with van der Waals surface area (Å²) < 4.78 is 1.04. The molecule has 0 saturated carbocycles. The highest BCUT2D eigenvalue weighted by Gasteiger charge is 2.32. The van der Waals surface area contributed by atoms with E-state index in [2.05, 4.69) is 32.6 Å². The van der Waals surface area contributed by atoms with Crippen molar-refractivity contribution in [2.45, 2.75) is 18.9 Å². The first-order chi connectivity index (χ1) is 9.18. The first-order valence-corrected chi connectivity index (χ1v) is 7.15. The maximum Gasteiger partial charge on any atom is 0.326 e. The Labute approximate surface area is 123 Å². The second-order valence-electron chi connectivity index (χ2n) is 4.52. The molecule has 1 fully saturated rings. The molecular formula is C13H12IN3O2. The molecule has 19 heavy (non-hydrogen) atoms. The second kappa shape index (κ2) is 4.92. The van der Waals surface area contributed by atoms with E-state index in [9.17, 15) is 9.90 Å². The summed E-state index contributed by atoms with van der Waals surface area (Å²) in [6, 6.07) is 5.38. The molecule has 0 unspecified atom stereocenters. The number of anilines is 1. The summed E-state index contributed by atoms with van der Waals surface area (Å²) in [5.74, 6) is -0.0462. The average Bonchev–Trinajstić information content (AvgIpc) is 2.87. The molecule has 2 heterocycles. The van der Waals surface area contributed by atoms with Crippen molar-refractivity contribution >= 4 is 45.3 Å². The summed E-state index contributed by atoms with van der Waals surface area (Å²) in [5.41, 5.74) is 0.855. The van der Waals surface area contributed by atoms with Crippen LogP contribution in [0.4, 0.5) is 5.82 Å². The van der Waals surface area contributed by atoms with Crippen molar-refractivity contribution in [2.24, 2.45) is 0 Å². The summed E-state index contributed by atoms with van der Waals surface area (Å²) in [4.78, 5) is 21.8. The molecule has 1 saturated heterocycles. The Kier molecular flexibility index (Phi) is 3.26. The van der Waals surface area contributed by atoms with Crippen LogP contribution in [0.3, 0.4) is 0 Å². The molecule has 0 bridgehead atoms. The maximum absolute atomic E-state index is 11.3. The summed E-state index contributed by atoms with van der Waals surface area (Å²) in [7, 11) is 0. The zero-order chi connectivity index (χ0) is 13.4. The molecule has 1 N–H and O–H groups in total. The highest BCUT2D eigenvalue weighted by atomic mass is 127. The van der Waals surface area contributed by atoms with E-state index in [1.165, 1.54) is 6.33 Å². The fraction of sp³-hybridized carbons (Fsp3) is 0.308. The van der Waals surface area contributed by atoms with Crippen molar-refractivity contribution in [1.29, 1.82) is 0 Å². The Morgan fingerprint density at radius 1 is 1.42 bits per heavy atom. The molecule has 0 spiro atoms. The minimum Gasteiger partial charge on any atom is -0.480 e. The Morgan fingerprint density at radius 3 is 3.05 bits per heavy atom. The predicted octanol–water partition coefficient (Wildman–Crippen LogP) is 2.29. The quantitative estimate of drug-likeness (QED) is 0.823. The van der Waals surface area contributed by atoms with Crippen LogP contribution < -0.4 is 4.90 Å². The lowest BCUT2D eigenvalue weighted by atomic mass is 10.2. The summed E-state index contributed by atoms with van der Waals surface area (Å²) in [6.07, 6.45) is 3.06. The Balaban J connectivity index is 2.17. The molecule has 0 amide bonds. The number of hydrogen-bond acceptors (Lipinski definition) is 4. The molecule has 1 aromatic heterocycles. The smallest absolute Gasteiger partial charge is 0.326 e. The van der Waals surface area contributed by atoms with Gasteiger partial charge in [-0.25, -0.2) is 14.8 Å². The number of fused-ring (bicyclic) bond motifs is 1. The predicted molar refractivity (Wildman–Crippen MR) is 80.3 cm³/mol. The topological polar surface area (TPSA) is 66.3 Å². The van der Waals surface area contributed by atoms with Crippen LogP contribution in [0.25, 0.3) is 10.9 Å². The molecule has 2 aromatic rings. The van der Waals surface area contributed by atoms with Gasteiger partial charge in [0.05, 0.1) is 10.9 Å². The molecule has 1 aliphatic heterocycles. The molecule has 98 valence electrons. The molecule has 0 aliphatic carbocycles. The van der Waals surface area contributed by atoms with Crippen molar-refractivity contribution in [3.05, 3.63) is 28.1 Å². The van der Waals surface area contributed by atoms with Gasteiger partial charge in [0.25, 0.3) is 0 Å². The van der Waals surface area contributed by atoms with Gasteiger partial charge in [0.15, 0.2) is 0 Å². The molecule has 1 aromatic carbocycles. The molecular weight excluding hydrogens is 357 g/mol. The zero-order valence-corrected chi connectivity index (χ0v) is 12.2. The largest absolute Gasteiger partial charge is 0.480 e. The number of aromatic nitrogens is 2. The molecule has 5 nitrogen and oxygen atoms in total. The van der Waals surface area contributed by atoms with Crippen LogP contribution in [0.15, 0.2) is 24.5 Å². The highest BCUT2D eigenvalue weighted by molar-refractivity contribution is 14.1. The third-order valence-corrected chi connectivity index (χ3v) is 4.30. The second-order valence-corrected chi connectivity index (χ2v) is 5.68. The van der Waals surface area contributed by atoms with E-state index in [-0.39, 0.29) is 0 Å². The van der Waals surface area contributed by atoms with E-state index in [0.717, 1.165) is 33.3 Å². The number of halogens is 1. The minimum absolute atomic E-state index is 0.478. The molecule has 0 radical (unpaired) electrons. The van der Waals surface area contributed by atoms with Crippen LogP contribution in [-0.4, -0.2) is 33.6 Å². The van der Waals surface area contributed by atoms with Crippen molar-refractivity contribution in [3.8, 4) is 0 Å². The lowest BCUT2D eigenvalue weighted by Crippen LogP contribution is -2.36. The molecule has 6 heteroatoms. The van der Waals surface area contributed by atoms with Crippen LogP contribution in [0.1, 0.15) is 12.8 Å². The van der Waals surface area contributed by atoms with Gasteiger partial charge in [-0.05, 0) is 47.6 Å². The fourth-order valence-corrected chi connectivity index (χ4v) is 3.27. The van der Waals surface area contributed by atoms with Gasteiger partial charge in [-0.3, -0.25) is 0 Å². The van der Waals surface area contributed by atoms with Crippen LogP contribution in [-0.2, 0) is 4.79 Å². The van der Waals surface area contributed by atoms with Crippen molar-refractivity contribution < 1.29 is 9.90 Å². The Morgan fingerprint density at radius 2 is 2.26 bits per heavy atom. The normalized spacial score (nSPS) is 19.0. The van der Waals surface area contributed by atoms with E-state index in [1.54, 1.807) is 0 Å². The van der Waals surface area contributed by atoms with Gasteiger partial charge >= 0.3 is 5.97 Å². The summed E-state index contributed by atoms with van der Waals surface area (Å²) in [5, 5.41) is 10.2. The van der Waals surface area contributed by atoms with Gasteiger partial charge < -0.3 is 10.0 Å². The van der Waals surface area contributed by atoms with Gasteiger partial charge in [-0.15, -0.1) is 0 Å². The number of carbonyl (C=O) groups is 1. The highest BCUT2D eigenvalue weighted by Crippen LogP contribution is 2.32. The number of carboxylic acids is 1. The van der Waals surface area contributed by atoms with Gasteiger partial charge in [-0.2, -0.15) is 0 Å². The van der Waals surface area contributed by atoms with Crippen LogP contribution in [0.5, 0.6) is 0 Å². The third-order valence-electron chi connectivity index (χ3n) is 3.40.